The van der Waals surface area contributed by atoms with E-state index in [-0.39, 0.29) is 18.2 Å². The SMILES string of the molecule is CCCCC/C=C\C/C=C\CCCCCCCCOCC(COCCCCCCCC/C=C\C/C=C\CCCCC)COC(=O)N(CC)C1CCCN1. The molecule has 0 aliphatic carbocycles. The van der Waals surface area contributed by atoms with Gasteiger partial charge in [-0.15, -0.1) is 0 Å². The highest BCUT2D eigenvalue weighted by Gasteiger charge is 2.26. The minimum Gasteiger partial charge on any atom is -0.449 e. The quantitative estimate of drug-likeness (QED) is 0.0504. The van der Waals surface area contributed by atoms with Crippen LogP contribution in [-0.4, -0.2) is 63.3 Å². The van der Waals surface area contributed by atoms with Crippen molar-refractivity contribution in [2.45, 2.75) is 194 Å². The van der Waals surface area contributed by atoms with Crippen molar-refractivity contribution in [3.05, 3.63) is 48.6 Å². The second kappa shape index (κ2) is 39.8. The van der Waals surface area contributed by atoms with Gasteiger partial charge in [-0.1, -0.05) is 140 Å². The number of hydrogen-bond acceptors (Lipinski definition) is 5. The molecule has 1 rings (SSSR count). The van der Waals surface area contributed by atoms with E-state index in [4.69, 9.17) is 14.2 Å². The van der Waals surface area contributed by atoms with E-state index in [0.717, 1.165) is 58.3 Å². The molecule has 0 aromatic rings. The van der Waals surface area contributed by atoms with Crippen molar-refractivity contribution in [2.24, 2.45) is 5.92 Å². The number of allylic oxidation sites excluding steroid dienone is 8. The second-order valence-electron chi connectivity index (χ2n) is 15.2. The van der Waals surface area contributed by atoms with Gasteiger partial charge in [0.1, 0.15) is 6.61 Å². The molecule has 1 aliphatic rings. The zero-order valence-corrected chi connectivity index (χ0v) is 35.2. The van der Waals surface area contributed by atoms with Gasteiger partial charge < -0.3 is 14.2 Å². The van der Waals surface area contributed by atoms with E-state index in [1.807, 2.05) is 11.8 Å². The Bertz CT molecular complexity index is 843. The van der Waals surface area contributed by atoms with Crippen LogP contribution in [-0.2, 0) is 14.2 Å². The Morgan fingerprint density at radius 1 is 0.585 bits per heavy atom. The third-order valence-corrected chi connectivity index (χ3v) is 10.1. The van der Waals surface area contributed by atoms with Gasteiger partial charge in [0, 0.05) is 25.7 Å². The summed E-state index contributed by atoms with van der Waals surface area (Å²) in [4.78, 5) is 14.7. The van der Waals surface area contributed by atoms with E-state index in [2.05, 4.69) is 67.8 Å². The van der Waals surface area contributed by atoms with E-state index in [1.165, 1.54) is 128 Å². The van der Waals surface area contributed by atoms with Gasteiger partial charge in [-0.05, 0) is 103 Å². The van der Waals surface area contributed by atoms with Gasteiger partial charge in [0.2, 0.25) is 0 Å². The third kappa shape index (κ3) is 32.1. The number of amides is 1. The molecule has 1 saturated heterocycles. The molecule has 0 saturated carbocycles. The molecule has 1 unspecified atom stereocenters. The van der Waals surface area contributed by atoms with Crippen LogP contribution in [0.4, 0.5) is 4.79 Å². The highest BCUT2D eigenvalue weighted by molar-refractivity contribution is 5.68. The van der Waals surface area contributed by atoms with Crippen LogP contribution < -0.4 is 5.32 Å². The van der Waals surface area contributed by atoms with E-state index in [1.54, 1.807) is 0 Å². The topological polar surface area (TPSA) is 60.0 Å². The predicted molar refractivity (Wildman–Crippen MR) is 229 cm³/mol. The zero-order chi connectivity index (χ0) is 38.1. The van der Waals surface area contributed by atoms with Crippen LogP contribution in [0, 0.1) is 5.92 Å². The number of nitrogens with one attached hydrogen (secondary N) is 1. The molecule has 308 valence electrons. The van der Waals surface area contributed by atoms with Gasteiger partial charge in [-0.25, -0.2) is 4.79 Å². The average Bonchev–Trinajstić information content (AvgIpc) is 3.70. The van der Waals surface area contributed by atoms with E-state index in [0.29, 0.717) is 26.4 Å². The summed E-state index contributed by atoms with van der Waals surface area (Å²) >= 11 is 0. The Balaban J connectivity index is 2.17. The van der Waals surface area contributed by atoms with Gasteiger partial charge >= 0.3 is 6.09 Å². The number of hydrogen-bond donors (Lipinski definition) is 1. The molecule has 6 heteroatoms. The van der Waals surface area contributed by atoms with E-state index >= 15 is 0 Å². The molecule has 0 spiro atoms. The smallest absolute Gasteiger partial charge is 0.411 e. The lowest BCUT2D eigenvalue weighted by Gasteiger charge is -2.28. The first-order valence-electron chi connectivity index (χ1n) is 22.6. The van der Waals surface area contributed by atoms with Crippen molar-refractivity contribution in [3.8, 4) is 0 Å². The van der Waals surface area contributed by atoms with Crippen LogP contribution in [0.25, 0.3) is 0 Å². The fourth-order valence-electron chi connectivity index (χ4n) is 6.71. The van der Waals surface area contributed by atoms with Crippen molar-refractivity contribution >= 4 is 6.09 Å². The minimum absolute atomic E-state index is 0.0587. The van der Waals surface area contributed by atoms with Gasteiger partial charge in [0.25, 0.3) is 0 Å². The number of carbonyl (C=O) groups is 1. The van der Waals surface area contributed by atoms with E-state index in [9.17, 15) is 4.79 Å². The fourth-order valence-corrected chi connectivity index (χ4v) is 6.71. The van der Waals surface area contributed by atoms with Crippen LogP contribution in [0.5, 0.6) is 0 Å². The molecule has 1 amide bonds. The van der Waals surface area contributed by atoms with Crippen LogP contribution in [0.2, 0.25) is 0 Å². The second-order valence-corrected chi connectivity index (χ2v) is 15.2. The summed E-state index contributed by atoms with van der Waals surface area (Å²) in [6.45, 7) is 11.2. The Morgan fingerprint density at radius 3 is 1.43 bits per heavy atom. The Morgan fingerprint density at radius 2 is 1.02 bits per heavy atom. The van der Waals surface area contributed by atoms with Crippen molar-refractivity contribution in [1.29, 1.82) is 0 Å². The summed E-state index contributed by atoms with van der Waals surface area (Å²) in [5.41, 5.74) is 0. The van der Waals surface area contributed by atoms with Crippen LogP contribution in [0.15, 0.2) is 48.6 Å². The van der Waals surface area contributed by atoms with Crippen LogP contribution >= 0.6 is 0 Å². The Hall–Kier alpha value is -1.89. The zero-order valence-electron chi connectivity index (χ0n) is 35.2. The van der Waals surface area contributed by atoms with E-state index < -0.39 is 0 Å². The molecule has 1 aliphatic heterocycles. The maximum Gasteiger partial charge on any atom is 0.411 e. The minimum atomic E-state index is -0.229. The van der Waals surface area contributed by atoms with Crippen LogP contribution in [0.1, 0.15) is 188 Å². The van der Waals surface area contributed by atoms with Crippen molar-refractivity contribution in [2.75, 3.05) is 46.1 Å². The highest BCUT2D eigenvalue weighted by Crippen LogP contribution is 2.14. The molecular formula is C47H86N2O4. The van der Waals surface area contributed by atoms with Gasteiger partial charge in [-0.3, -0.25) is 10.2 Å². The summed E-state index contributed by atoms with van der Waals surface area (Å²) in [6.07, 6.45) is 50.4. The largest absolute Gasteiger partial charge is 0.449 e. The normalized spacial score (nSPS) is 15.1. The summed E-state index contributed by atoms with van der Waals surface area (Å²) in [5.74, 6) is 0.0587. The first kappa shape index (κ1) is 49.1. The summed E-state index contributed by atoms with van der Waals surface area (Å²) in [5, 5.41) is 3.42. The van der Waals surface area contributed by atoms with Crippen molar-refractivity contribution in [3.63, 3.8) is 0 Å². The molecule has 53 heavy (non-hydrogen) atoms. The molecule has 1 atom stereocenters. The highest BCUT2D eigenvalue weighted by atomic mass is 16.6. The van der Waals surface area contributed by atoms with Crippen LogP contribution in [0.3, 0.4) is 0 Å². The standard InChI is InChI=1S/C47H86N2O4/c1-4-7-9-11-13-15-17-19-21-23-25-27-29-31-33-35-40-51-42-45(44-53-47(50)49(6-3)46-38-37-39-48-46)43-52-41-36-34-32-30-28-26-24-22-20-18-16-14-12-10-8-5-2/h13-16,19-22,45-46,48H,4-12,17-18,23-44H2,1-3H3/b15-13-,16-14-,21-19-,22-20-. The molecule has 1 fully saturated rings. The van der Waals surface area contributed by atoms with Gasteiger partial charge in [-0.2, -0.15) is 0 Å². The lowest BCUT2D eigenvalue weighted by Crippen LogP contribution is -2.46. The lowest BCUT2D eigenvalue weighted by atomic mass is 10.1. The monoisotopic (exact) mass is 743 g/mol. The van der Waals surface area contributed by atoms with Crippen molar-refractivity contribution in [1.82, 2.24) is 10.2 Å². The maximum absolute atomic E-state index is 12.9. The first-order valence-corrected chi connectivity index (χ1v) is 22.6. The van der Waals surface area contributed by atoms with Gasteiger partial charge in [0.15, 0.2) is 0 Å². The summed E-state index contributed by atoms with van der Waals surface area (Å²) < 4.78 is 18.0. The maximum atomic E-state index is 12.9. The molecular weight excluding hydrogens is 657 g/mol. The summed E-state index contributed by atoms with van der Waals surface area (Å²) in [7, 11) is 0. The molecule has 0 aromatic carbocycles. The van der Waals surface area contributed by atoms with Gasteiger partial charge in [0.05, 0.1) is 19.4 Å². The number of unbranched alkanes of at least 4 members (excludes halogenated alkanes) is 18. The van der Waals surface area contributed by atoms with Crippen molar-refractivity contribution < 1.29 is 19.0 Å². The molecule has 0 radical (unpaired) electrons. The number of nitrogens with zero attached hydrogens (tertiary/aromatic N) is 1. The average molecular weight is 743 g/mol. The number of ether oxygens (including phenoxy) is 3. The summed E-state index contributed by atoms with van der Waals surface area (Å²) in [6, 6.07) is 0. The Kier molecular flexibility index (Phi) is 36.9. The number of carbonyl (C=O) groups excluding carboxylic acids is 1. The lowest BCUT2D eigenvalue weighted by molar-refractivity contribution is 0.000432. The molecule has 1 N–H and O–H groups in total. The molecule has 1 heterocycles. The third-order valence-electron chi connectivity index (χ3n) is 10.1. The molecule has 0 aromatic heterocycles. The first-order chi connectivity index (χ1) is 26.2. The fraction of sp³-hybridized carbons (Fsp3) is 0.809. The predicted octanol–water partition coefficient (Wildman–Crippen LogP) is 13.4. The Labute approximate surface area is 329 Å². The number of rotatable bonds is 38. The molecule has 0 bridgehead atoms. The molecule has 6 nitrogen and oxygen atoms in total.